The standard InChI is InChI=1S/C25H25F3N6/c1-16(18-10-5-3-6-11-18)25(29)33-22(20-14-9-15-21(31-20)24(26,27)28)32-23(34-25)30-17(2)19-12-7-4-8-13-19/h3-17H,29H2,1-2H3,(H2,30,32,33,34)/t16-,17+,25?/m1/s1. The number of nitrogens with one attached hydrogen (secondary N) is 2. The van der Waals surface area contributed by atoms with Gasteiger partial charge in [0.2, 0.25) is 5.96 Å². The van der Waals surface area contributed by atoms with Crippen molar-refractivity contribution in [3.05, 3.63) is 101 Å². The molecule has 0 bridgehead atoms. The highest BCUT2D eigenvalue weighted by molar-refractivity contribution is 6.09. The number of benzene rings is 2. The molecule has 176 valence electrons. The fraction of sp³-hybridized carbons (Fsp3) is 0.240. The average Bonchev–Trinajstić information content (AvgIpc) is 2.84. The molecule has 3 atom stereocenters. The van der Waals surface area contributed by atoms with E-state index in [-0.39, 0.29) is 23.5 Å². The van der Waals surface area contributed by atoms with Gasteiger partial charge < -0.3 is 10.6 Å². The molecule has 1 aliphatic rings. The normalized spacial score (nSPS) is 21.2. The van der Waals surface area contributed by atoms with Gasteiger partial charge in [0.1, 0.15) is 11.4 Å². The van der Waals surface area contributed by atoms with Crippen molar-refractivity contribution < 1.29 is 13.2 Å². The number of pyridine rings is 1. The quantitative estimate of drug-likeness (QED) is 0.514. The second kappa shape index (κ2) is 9.26. The third kappa shape index (κ3) is 5.09. The predicted octanol–water partition coefficient (Wildman–Crippen LogP) is 4.57. The zero-order valence-corrected chi connectivity index (χ0v) is 18.7. The van der Waals surface area contributed by atoms with Gasteiger partial charge in [-0.3, -0.25) is 5.73 Å². The second-order valence-electron chi connectivity index (χ2n) is 8.14. The summed E-state index contributed by atoms with van der Waals surface area (Å²) in [5.41, 5.74) is 7.61. The van der Waals surface area contributed by atoms with Crippen LogP contribution in [0.4, 0.5) is 13.2 Å². The molecule has 1 unspecified atom stereocenters. The lowest BCUT2D eigenvalue weighted by Gasteiger charge is -2.38. The molecule has 0 amide bonds. The Labute approximate surface area is 195 Å². The summed E-state index contributed by atoms with van der Waals surface area (Å²) in [6.07, 6.45) is -4.58. The number of guanidine groups is 1. The summed E-state index contributed by atoms with van der Waals surface area (Å²) in [5, 5.41) is 6.14. The van der Waals surface area contributed by atoms with Crippen LogP contribution in [0.25, 0.3) is 0 Å². The van der Waals surface area contributed by atoms with E-state index < -0.39 is 17.7 Å². The number of hydrogen-bond acceptors (Lipinski definition) is 4. The lowest BCUT2D eigenvalue weighted by molar-refractivity contribution is -0.141. The molecule has 9 heteroatoms. The number of hydrogen-bond donors (Lipinski definition) is 3. The van der Waals surface area contributed by atoms with Crippen LogP contribution in [0.1, 0.15) is 48.3 Å². The molecule has 0 saturated heterocycles. The van der Waals surface area contributed by atoms with Crippen LogP contribution >= 0.6 is 0 Å². The number of aliphatic imine (C=N–C) groups is 2. The molecule has 4 N–H and O–H groups in total. The minimum Gasteiger partial charge on any atom is -0.319 e. The third-order valence-corrected chi connectivity index (χ3v) is 5.70. The summed E-state index contributed by atoms with van der Waals surface area (Å²) in [6.45, 7) is 3.81. The van der Waals surface area contributed by atoms with Gasteiger partial charge in [0, 0.05) is 5.92 Å². The maximum Gasteiger partial charge on any atom is 0.433 e. The van der Waals surface area contributed by atoms with E-state index in [0.29, 0.717) is 5.96 Å². The van der Waals surface area contributed by atoms with Crippen molar-refractivity contribution in [2.75, 3.05) is 0 Å². The van der Waals surface area contributed by atoms with Crippen LogP contribution < -0.4 is 16.4 Å². The van der Waals surface area contributed by atoms with Gasteiger partial charge in [0.15, 0.2) is 11.6 Å². The van der Waals surface area contributed by atoms with Crippen molar-refractivity contribution in [2.24, 2.45) is 15.7 Å². The largest absolute Gasteiger partial charge is 0.433 e. The molecule has 0 radical (unpaired) electrons. The first-order valence-corrected chi connectivity index (χ1v) is 10.8. The molecule has 1 aromatic heterocycles. The molecule has 3 aromatic rings. The van der Waals surface area contributed by atoms with E-state index >= 15 is 0 Å². The number of alkyl halides is 3. The Bertz CT molecular complexity index is 1190. The van der Waals surface area contributed by atoms with Gasteiger partial charge in [-0.1, -0.05) is 73.7 Å². The Hall–Kier alpha value is -3.72. The first-order chi connectivity index (χ1) is 16.2. The lowest BCUT2D eigenvalue weighted by Crippen LogP contribution is -2.65. The molecular formula is C25H25F3N6. The Morgan fingerprint density at radius 3 is 2.12 bits per heavy atom. The molecule has 34 heavy (non-hydrogen) atoms. The van der Waals surface area contributed by atoms with E-state index in [9.17, 15) is 13.2 Å². The number of halogens is 3. The summed E-state index contributed by atoms with van der Waals surface area (Å²) in [4.78, 5) is 13.1. The van der Waals surface area contributed by atoms with E-state index in [1.807, 2.05) is 74.5 Å². The van der Waals surface area contributed by atoms with Crippen molar-refractivity contribution in [3.8, 4) is 0 Å². The van der Waals surface area contributed by atoms with Crippen LogP contribution in [0.15, 0.2) is 88.8 Å². The van der Waals surface area contributed by atoms with Gasteiger partial charge in [0.05, 0.1) is 6.04 Å². The summed E-state index contributed by atoms with van der Waals surface area (Å²) in [5.74, 6) is -1.32. The van der Waals surface area contributed by atoms with E-state index in [2.05, 4.69) is 20.6 Å². The highest BCUT2D eigenvalue weighted by Crippen LogP contribution is 2.30. The molecular weight excluding hydrogens is 441 g/mol. The minimum absolute atomic E-state index is 0.0199. The van der Waals surface area contributed by atoms with Crippen molar-refractivity contribution in [1.29, 1.82) is 0 Å². The van der Waals surface area contributed by atoms with E-state index in [1.165, 1.54) is 12.1 Å². The summed E-state index contributed by atoms with van der Waals surface area (Å²) in [6, 6.07) is 22.6. The fourth-order valence-corrected chi connectivity index (χ4v) is 3.68. The number of amidine groups is 1. The molecule has 0 saturated carbocycles. The molecule has 0 spiro atoms. The van der Waals surface area contributed by atoms with Gasteiger partial charge in [-0.15, -0.1) is 0 Å². The Balaban J connectivity index is 1.77. The third-order valence-electron chi connectivity index (χ3n) is 5.70. The van der Waals surface area contributed by atoms with E-state index in [1.54, 1.807) is 0 Å². The fourth-order valence-electron chi connectivity index (χ4n) is 3.68. The highest BCUT2D eigenvalue weighted by atomic mass is 19.4. The van der Waals surface area contributed by atoms with E-state index in [0.717, 1.165) is 17.2 Å². The first-order valence-electron chi connectivity index (χ1n) is 10.8. The Kier molecular flexibility index (Phi) is 6.39. The number of nitrogens with zero attached hydrogens (tertiary/aromatic N) is 3. The van der Waals surface area contributed by atoms with Crippen molar-refractivity contribution in [1.82, 2.24) is 15.6 Å². The van der Waals surface area contributed by atoms with Crippen molar-refractivity contribution >= 4 is 11.8 Å². The monoisotopic (exact) mass is 466 g/mol. The molecule has 4 rings (SSSR count). The molecule has 0 aliphatic carbocycles. The minimum atomic E-state index is -4.58. The van der Waals surface area contributed by atoms with Gasteiger partial charge >= 0.3 is 6.18 Å². The highest BCUT2D eigenvalue weighted by Gasteiger charge is 2.39. The Morgan fingerprint density at radius 1 is 0.882 bits per heavy atom. The maximum absolute atomic E-state index is 13.3. The number of nitrogens with two attached hydrogens (primary N) is 1. The predicted molar refractivity (Wildman–Crippen MR) is 126 cm³/mol. The molecule has 2 heterocycles. The smallest absolute Gasteiger partial charge is 0.319 e. The van der Waals surface area contributed by atoms with Crippen LogP contribution in [0, 0.1) is 0 Å². The topological polar surface area (TPSA) is 87.7 Å². The second-order valence-corrected chi connectivity index (χ2v) is 8.14. The van der Waals surface area contributed by atoms with Crippen LogP contribution in [0.3, 0.4) is 0 Å². The zero-order valence-electron chi connectivity index (χ0n) is 18.7. The van der Waals surface area contributed by atoms with Crippen molar-refractivity contribution in [3.63, 3.8) is 0 Å². The maximum atomic E-state index is 13.3. The molecule has 2 aromatic carbocycles. The molecule has 1 aliphatic heterocycles. The van der Waals surface area contributed by atoms with Gasteiger partial charge in [-0.2, -0.15) is 13.2 Å². The van der Waals surface area contributed by atoms with Crippen LogP contribution in [-0.4, -0.2) is 22.6 Å². The van der Waals surface area contributed by atoms with Crippen molar-refractivity contribution in [2.45, 2.75) is 37.8 Å². The lowest BCUT2D eigenvalue weighted by atomic mass is 9.93. The average molecular weight is 467 g/mol. The summed E-state index contributed by atoms with van der Waals surface area (Å²) < 4.78 is 39.9. The number of rotatable bonds is 5. The first kappa shape index (κ1) is 23.4. The van der Waals surface area contributed by atoms with Crippen LogP contribution in [-0.2, 0) is 6.18 Å². The SMILES string of the molecule is C[C@H](N=C1NC(c2cccc(C(F)(F)F)n2)=NC(N)([C@H](C)c2ccccc2)N1)c1ccccc1. The molecule has 6 nitrogen and oxygen atoms in total. The summed E-state index contributed by atoms with van der Waals surface area (Å²) >= 11 is 0. The van der Waals surface area contributed by atoms with E-state index in [4.69, 9.17) is 10.7 Å². The number of aromatic nitrogens is 1. The van der Waals surface area contributed by atoms with Gasteiger partial charge in [0.25, 0.3) is 0 Å². The zero-order chi connectivity index (χ0) is 24.3. The molecule has 0 fully saturated rings. The van der Waals surface area contributed by atoms with Gasteiger partial charge in [-0.05, 0) is 30.2 Å². The Morgan fingerprint density at radius 2 is 1.50 bits per heavy atom. The van der Waals surface area contributed by atoms with Crippen LogP contribution in [0.2, 0.25) is 0 Å². The van der Waals surface area contributed by atoms with Gasteiger partial charge in [-0.25, -0.2) is 15.0 Å². The van der Waals surface area contributed by atoms with Crippen LogP contribution in [0.5, 0.6) is 0 Å². The summed E-state index contributed by atoms with van der Waals surface area (Å²) in [7, 11) is 0.